The van der Waals surface area contributed by atoms with Crippen LogP contribution in [-0.2, 0) is 16.1 Å². The number of tetrazole rings is 1. The van der Waals surface area contributed by atoms with E-state index < -0.39 is 18.0 Å². The Morgan fingerprint density at radius 2 is 2.23 bits per heavy atom. The molecule has 26 heavy (non-hydrogen) atoms. The zero-order chi connectivity index (χ0) is 17.9. The van der Waals surface area contributed by atoms with Crippen LogP contribution in [0, 0.1) is 11.8 Å². The fourth-order valence-corrected chi connectivity index (χ4v) is 6.24. The van der Waals surface area contributed by atoms with Crippen molar-refractivity contribution in [1.29, 1.82) is 0 Å². The summed E-state index contributed by atoms with van der Waals surface area (Å²) in [7, 11) is 0. The zero-order valence-electron chi connectivity index (χ0n) is 14.5. The van der Waals surface area contributed by atoms with Crippen molar-refractivity contribution in [3.63, 3.8) is 0 Å². The van der Waals surface area contributed by atoms with E-state index in [4.69, 9.17) is 0 Å². The predicted octanol–water partition coefficient (Wildman–Crippen LogP) is -4.30. The van der Waals surface area contributed by atoms with E-state index in [9.17, 15) is 19.8 Å². The third-order valence-electron chi connectivity index (χ3n) is 4.87. The summed E-state index contributed by atoms with van der Waals surface area (Å²) in [6.45, 7) is 4.04. The van der Waals surface area contributed by atoms with E-state index >= 15 is 0 Å². The molecule has 1 unspecified atom stereocenters. The average Bonchev–Trinajstić information content (AvgIpc) is 3.09. The first-order valence-corrected chi connectivity index (χ1v) is 9.79. The Labute approximate surface area is 180 Å². The van der Waals surface area contributed by atoms with Crippen LogP contribution >= 0.6 is 23.5 Å². The fraction of sp³-hybridized carbons (Fsp3) is 0.643. The van der Waals surface area contributed by atoms with Gasteiger partial charge in [0, 0.05) is 21.8 Å². The van der Waals surface area contributed by atoms with E-state index in [1.54, 1.807) is 11.6 Å². The molecule has 0 radical (unpaired) electrons. The van der Waals surface area contributed by atoms with Crippen molar-refractivity contribution >= 4 is 35.4 Å². The number of carbonyl (C=O) groups is 2. The van der Waals surface area contributed by atoms with E-state index in [0.29, 0.717) is 11.4 Å². The number of rotatable bonds is 4. The maximum absolute atomic E-state index is 12.3. The summed E-state index contributed by atoms with van der Waals surface area (Å²) in [6.07, 6.45) is -0.808. The van der Waals surface area contributed by atoms with Crippen molar-refractivity contribution < 1.29 is 49.4 Å². The van der Waals surface area contributed by atoms with E-state index in [1.165, 1.54) is 28.4 Å². The molecule has 1 saturated heterocycles. The normalized spacial score (nSPS) is 31.0. The van der Waals surface area contributed by atoms with Crippen LogP contribution in [0.4, 0.5) is 0 Å². The van der Waals surface area contributed by atoms with Gasteiger partial charge in [0.1, 0.15) is 0 Å². The number of aliphatic hydroxyl groups excluding tert-OH is 1. The van der Waals surface area contributed by atoms with Gasteiger partial charge in [0.2, 0.25) is 11.1 Å². The Balaban J connectivity index is 0.00000196. The molecule has 1 fully saturated rings. The molecule has 4 rings (SSSR count). The number of amides is 1. The smallest absolute Gasteiger partial charge is 0.543 e. The number of hydrogen-bond acceptors (Lipinski definition) is 9. The largest absolute Gasteiger partial charge is 1.00 e. The van der Waals surface area contributed by atoms with Gasteiger partial charge in [-0.3, -0.25) is 4.79 Å². The quantitative estimate of drug-likeness (QED) is 0.391. The SMILES string of the molecule is C[C@@H](O)[C@H]1C(=O)N2C(C(=O)[O-])=C(SC3CSc4nnnn4C3)[C@H](C)[C@H]12.[Na+]. The third kappa shape index (κ3) is 3.02. The number of hydrogen-bond donors (Lipinski definition) is 1. The number of carboxylic acids is 1. The summed E-state index contributed by atoms with van der Waals surface area (Å²) in [6, 6.07) is -0.317. The molecule has 0 saturated carbocycles. The van der Waals surface area contributed by atoms with Crippen LogP contribution in [0.15, 0.2) is 15.8 Å². The molecular formula is C14H16N5NaO4S2. The number of nitrogens with zero attached hydrogens (tertiary/aromatic N) is 5. The van der Waals surface area contributed by atoms with Gasteiger partial charge < -0.3 is 19.9 Å². The molecule has 1 aromatic heterocycles. The number of carbonyl (C=O) groups excluding carboxylic acids is 2. The van der Waals surface area contributed by atoms with Gasteiger partial charge in [-0.15, -0.1) is 16.9 Å². The fourth-order valence-electron chi connectivity index (χ4n) is 3.75. The monoisotopic (exact) mass is 405 g/mol. The van der Waals surface area contributed by atoms with Crippen LogP contribution in [0.3, 0.4) is 0 Å². The second-order valence-electron chi connectivity index (χ2n) is 6.45. The van der Waals surface area contributed by atoms with Crippen LogP contribution in [0.25, 0.3) is 0 Å². The molecule has 134 valence electrons. The molecule has 12 heteroatoms. The summed E-state index contributed by atoms with van der Waals surface area (Å²) >= 11 is 2.97. The van der Waals surface area contributed by atoms with E-state index in [1.807, 2.05) is 6.92 Å². The predicted molar refractivity (Wildman–Crippen MR) is 86.9 cm³/mol. The van der Waals surface area contributed by atoms with Crippen LogP contribution in [-0.4, -0.2) is 65.2 Å². The maximum atomic E-state index is 12.3. The zero-order valence-corrected chi connectivity index (χ0v) is 18.2. The number of aromatic nitrogens is 4. The topological polar surface area (TPSA) is 124 Å². The van der Waals surface area contributed by atoms with Crippen molar-refractivity contribution in [1.82, 2.24) is 25.1 Å². The number of thioether (sulfide) groups is 2. The number of aliphatic carboxylic acids is 1. The Hall–Kier alpha value is -0.590. The molecule has 4 heterocycles. The Morgan fingerprint density at radius 3 is 2.88 bits per heavy atom. The van der Waals surface area contributed by atoms with E-state index in [0.717, 1.165) is 10.9 Å². The van der Waals surface area contributed by atoms with Crippen molar-refractivity contribution in [3.05, 3.63) is 10.6 Å². The van der Waals surface area contributed by atoms with Crippen molar-refractivity contribution in [2.45, 2.75) is 42.9 Å². The molecule has 1 amide bonds. The Bertz CT molecular complexity index is 785. The molecule has 0 spiro atoms. The van der Waals surface area contributed by atoms with Crippen molar-refractivity contribution in [3.8, 4) is 0 Å². The van der Waals surface area contributed by atoms with Gasteiger partial charge in [-0.05, 0) is 17.4 Å². The van der Waals surface area contributed by atoms with E-state index in [2.05, 4.69) is 15.5 Å². The second kappa shape index (κ2) is 7.44. The Kier molecular flexibility index (Phi) is 5.76. The number of fused-ring (bicyclic) bond motifs is 2. The molecule has 3 aliphatic heterocycles. The Morgan fingerprint density at radius 1 is 1.50 bits per heavy atom. The van der Waals surface area contributed by atoms with Gasteiger partial charge in [0.05, 0.1) is 36.3 Å². The summed E-state index contributed by atoms with van der Waals surface area (Å²) in [5.74, 6) is -1.66. The molecule has 0 aromatic carbocycles. The molecule has 1 aromatic rings. The summed E-state index contributed by atoms with van der Waals surface area (Å²) in [4.78, 5) is 25.9. The average molecular weight is 405 g/mol. The molecular weight excluding hydrogens is 389 g/mol. The summed E-state index contributed by atoms with van der Waals surface area (Å²) in [5.41, 5.74) is -0.0445. The molecule has 0 aliphatic carbocycles. The van der Waals surface area contributed by atoms with Gasteiger partial charge in [-0.2, -0.15) is 0 Å². The second-order valence-corrected chi connectivity index (χ2v) is 8.78. The van der Waals surface area contributed by atoms with Crippen LogP contribution in [0.1, 0.15) is 13.8 Å². The summed E-state index contributed by atoms with van der Waals surface area (Å²) in [5, 5.41) is 33.9. The molecule has 5 atom stereocenters. The number of carboxylic acid groups (broad SMARTS) is 1. The minimum atomic E-state index is -1.35. The van der Waals surface area contributed by atoms with Crippen LogP contribution in [0.5, 0.6) is 0 Å². The molecule has 0 bridgehead atoms. The minimum absolute atomic E-state index is 0. The molecule has 9 nitrogen and oxygen atoms in total. The number of aliphatic hydroxyl groups is 1. The first-order valence-electron chi connectivity index (χ1n) is 7.92. The molecule has 3 aliphatic rings. The minimum Gasteiger partial charge on any atom is -0.543 e. The third-order valence-corrected chi connectivity index (χ3v) is 7.67. The van der Waals surface area contributed by atoms with Crippen molar-refractivity contribution in [2.24, 2.45) is 11.8 Å². The van der Waals surface area contributed by atoms with Crippen molar-refractivity contribution in [2.75, 3.05) is 5.75 Å². The van der Waals surface area contributed by atoms with Crippen LogP contribution < -0.4 is 34.7 Å². The van der Waals surface area contributed by atoms with Gasteiger partial charge in [0.25, 0.3) is 0 Å². The van der Waals surface area contributed by atoms with Gasteiger partial charge in [0.15, 0.2) is 0 Å². The van der Waals surface area contributed by atoms with E-state index in [-0.39, 0.29) is 58.4 Å². The first-order chi connectivity index (χ1) is 11.9. The standard InChI is InChI=1S/C14H17N5O4S2.Na/c1-5-9-8(6(2)20)12(21)19(9)10(13(22)23)11(5)25-7-3-18-14(24-4-7)15-16-17-18;/h5-9,20H,3-4H2,1-2H3,(H,22,23);/q;+1/p-1/t5-,6-,7?,8-,9-;/m1./s1. The van der Waals surface area contributed by atoms with Gasteiger partial charge in [-0.25, -0.2) is 4.68 Å². The molecule has 1 N–H and O–H groups in total. The first kappa shape index (κ1) is 20.2. The van der Waals surface area contributed by atoms with Crippen LogP contribution in [0.2, 0.25) is 0 Å². The summed E-state index contributed by atoms with van der Waals surface area (Å²) < 4.78 is 1.70. The van der Waals surface area contributed by atoms with Gasteiger partial charge in [-0.1, -0.05) is 18.7 Å². The maximum Gasteiger partial charge on any atom is 1.00 e. The number of β-lactam (4-membered cyclic amide) rings is 1. The van der Waals surface area contributed by atoms with Gasteiger partial charge >= 0.3 is 29.6 Å².